The second-order valence-corrected chi connectivity index (χ2v) is 6.77. The van der Waals surface area contributed by atoms with Crippen molar-refractivity contribution in [2.75, 3.05) is 19.8 Å². The first-order chi connectivity index (χ1) is 8.65. The molecule has 1 atom stereocenters. The number of thiophene rings is 1. The number of amides is 1. The van der Waals surface area contributed by atoms with Crippen molar-refractivity contribution in [3.63, 3.8) is 0 Å². The third-order valence-electron chi connectivity index (χ3n) is 2.69. The molecule has 0 bridgehead atoms. The van der Waals surface area contributed by atoms with Crippen molar-refractivity contribution < 1.29 is 14.6 Å². The Bertz CT molecular complexity index is 406. The van der Waals surface area contributed by atoms with E-state index in [1.54, 1.807) is 11.4 Å². The zero-order chi connectivity index (χ0) is 13.0. The van der Waals surface area contributed by atoms with E-state index in [9.17, 15) is 9.90 Å². The van der Waals surface area contributed by atoms with E-state index in [2.05, 4.69) is 21.2 Å². The molecule has 1 unspecified atom stereocenters. The third kappa shape index (κ3) is 4.68. The normalized spacial score (nSPS) is 16.6. The highest BCUT2D eigenvalue weighted by Gasteiger charge is 2.21. The number of rotatable bonds is 7. The fourth-order valence-corrected chi connectivity index (χ4v) is 2.59. The smallest absolute Gasteiger partial charge is 0.252 e. The average Bonchev–Trinajstić information content (AvgIpc) is 3.06. The fourth-order valence-electron chi connectivity index (χ4n) is 1.46. The number of ether oxygens (including phenoxy) is 1. The number of aliphatic hydroxyl groups excluding tert-OH is 1. The Morgan fingerprint density at radius 2 is 2.44 bits per heavy atom. The lowest BCUT2D eigenvalue weighted by atomic mass is 10.3. The summed E-state index contributed by atoms with van der Waals surface area (Å²) in [5, 5.41) is 14.1. The Morgan fingerprint density at radius 1 is 1.67 bits per heavy atom. The molecule has 1 saturated carbocycles. The molecule has 1 aromatic rings. The molecule has 0 radical (unpaired) electrons. The number of hydrogen-bond donors (Lipinski definition) is 2. The lowest BCUT2D eigenvalue weighted by Crippen LogP contribution is -2.34. The molecule has 2 N–H and O–H groups in total. The van der Waals surface area contributed by atoms with Crippen molar-refractivity contribution in [1.82, 2.24) is 5.32 Å². The molecule has 1 fully saturated rings. The Balaban J connectivity index is 1.62. The van der Waals surface area contributed by atoms with Crippen molar-refractivity contribution in [2.24, 2.45) is 5.92 Å². The molecule has 0 saturated heterocycles. The van der Waals surface area contributed by atoms with Crippen molar-refractivity contribution in [3.8, 4) is 0 Å². The van der Waals surface area contributed by atoms with Gasteiger partial charge in [0.25, 0.3) is 5.91 Å². The molecule has 1 aliphatic carbocycles. The van der Waals surface area contributed by atoms with Gasteiger partial charge in [-0.15, -0.1) is 11.3 Å². The van der Waals surface area contributed by atoms with Gasteiger partial charge in [0.15, 0.2) is 0 Å². The van der Waals surface area contributed by atoms with E-state index in [0.717, 1.165) is 10.4 Å². The molecule has 1 aromatic heterocycles. The summed E-state index contributed by atoms with van der Waals surface area (Å²) < 4.78 is 6.27. The van der Waals surface area contributed by atoms with Crippen molar-refractivity contribution >= 4 is 33.2 Å². The lowest BCUT2D eigenvalue weighted by molar-refractivity contribution is 0.0321. The second kappa shape index (κ2) is 6.65. The van der Waals surface area contributed by atoms with Crippen LogP contribution in [0, 0.1) is 5.92 Å². The highest BCUT2D eigenvalue weighted by atomic mass is 79.9. The van der Waals surface area contributed by atoms with E-state index in [0.29, 0.717) is 11.5 Å². The molecule has 0 aromatic carbocycles. The molecular formula is C12H16BrNO3S. The first kappa shape index (κ1) is 14.0. The molecule has 1 aliphatic rings. The number of carbonyl (C=O) groups is 1. The van der Waals surface area contributed by atoms with Crippen LogP contribution in [0.4, 0.5) is 0 Å². The molecule has 18 heavy (non-hydrogen) atoms. The summed E-state index contributed by atoms with van der Waals surface area (Å²) in [6, 6.07) is 1.76. The predicted octanol–water partition coefficient (Wildman–Crippen LogP) is 2.03. The van der Waals surface area contributed by atoms with Crippen LogP contribution in [0.3, 0.4) is 0 Å². The number of aliphatic hydroxyl groups is 1. The van der Waals surface area contributed by atoms with E-state index in [1.165, 1.54) is 24.2 Å². The molecule has 0 aliphatic heterocycles. The first-order valence-electron chi connectivity index (χ1n) is 5.93. The standard InChI is InChI=1S/C12H16BrNO3S/c13-11-3-9(7-18-11)12(16)14-4-10(15)6-17-5-8-1-2-8/h3,7-8,10,15H,1-2,4-6H2,(H,14,16). The summed E-state index contributed by atoms with van der Waals surface area (Å²) in [4.78, 5) is 11.7. The fraction of sp³-hybridized carbons (Fsp3) is 0.583. The number of carbonyl (C=O) groups excluding carboxylic acids is 1. The summed E-state index contributed by atoms with van der Waals surface area (Å²) in [5.74, 6) is 0.521. The quantitative estimate of drug-likeness (QED) is 0.802. The van der Waals surface area contributed by atoms with Crippen molar-refractivity contribution in [2.45, 2.75) is 18.9 Å². The minimum atomic E-state index is -0.644. The Kier molecular flexibility index (Phi) is 5.17. The second-order valence-electron chi connectivity index (χ2n) is 4.48. The van der Waals surface area contributed by atoms with Gasteiger partial charge in [0.2, 0.25) is 0 Å². The van der Waals surface area contributed by atoms with Gasteiger partial charge in [0.05, 0.1) is 22.1 Å². The Morgan fingerprint density at radius 3 is 3.06 bits per heavy atom. The van der Waals surface area contributed by atoms with E-state index in [4.69, 9.17) is 4.74 Å². The molecule has 1 heterocycles. The molecule has 4 nitrogen and oxygen atoms in total. The SMILES string of the molecule is O=C(NCC(O)COCC1CC1)c1csc(Br)c1. The maximum atomic E-state index is 11.7. The molecule has 1 amide bonds. The van der Waals surface area contributed by atoms with E-state index in [-0.39, 0.29) is 19.1 Å². The highest BCUT2D eigenvalue weighted by molar-refractivity contribution is 9.11. The topological polar surface area (TPSA) is 58.6 Å². The lowest BCUT2D eigenvalue weighted by Gasteiger charge is -2.11. The molecule has 0 spiro atoms. The van der Waals surface area contributed by atoms with Gasteiger partial charge in [-0.05, 0) is 40.8 Å². The van der Waals surface area contributed by atoms with Gasteiger partial charge < -0.3 is 15.2 Å². The molecule has 100 valence electrons. The van der Waals surface area contributed by atoms with Crippen molar-refractivity contribution in [3.05, 3.63) is 20.8 Å². The molecule has 2 rings (SSSR count). The van der Waals surface area contributed by atoms with Crippen LogP contribution in [0.2, 0.25) is 0 Å². The molecule has 6 heteroatoms. The van der Waals surface area contributed by atoms with Gasteiger partial charge in [-0.25, -0.2) is 0 Å². The Labute approximate surface area is 118 Å². The van der Waals surface area contributed by atoms with Gasteiger partial charge in [-0.3, -0.25) is 4.79 Å². The average molecular weight is 334 g/mol. The van der Waals surface area contributed by atoms with Gasteiger partial charge in [-0.2, -0.15) is 0 Å². The summed E-state index contributed by atoms with van der Waals surface area (Å²) in [6.07, 6.45) is 1.83. The molecular weight excluding hydrogens is 318 g/mol. The minimum absolute atomic E-state index is 0.168. The summed E-state index contributed by atoms with van der Waals surface area (Å²) in [7, 11) is 0. The minimum Gasteiger partial charge on any atom is -0.389 e. The van der Waals surface area contributed by atoms with Crippen LogP contribution >= 0.6 is 27.3 Å². The van der Waals surface area contributed by atoms with Crippen LogP contribution in [0.15, 0.2) is 15.2 Å². The zero-order valence-corrected chi connectivity index (χ0v) is 12.3. The maximum Gasteiger partial charge on any atom is 0.252 e. The monoisotopic (exact) mass is 333 g/mol. The third-order valence-corrected chi connectivity index (χ3v) is 4.19. The maximum absolute atomic E-state index is 11.7. The van der Waals surface area contributed by atoms with Crippen LogP contribution in [-0.4, -0.2) is 36.9 Å². The van der Waals surface area contributed by atoms with E-state index >= 15 is 0 Å². The van der Waals surface area contributed by atoms with E-state index < -0.39 is 6.10 Å². The Hall–Kier alpha value is -0.430. The van der Waals surface area contributed by atoms with E-state index in [1.807, 2.05) is 0 Å². The van der Waals surface area contributed by atoms with Crippen LogP contribution in [0.5, 0.6) is 0 Å². The van der Waals surface area contributed by atoms with Crippen LogP contribution in [0.1, 0.15) is 23.2 Å². The number of halogens is 1. The van der Waals surface area contributed by atoms with Gasteiger partial charge in [-0.1, -0.05) is 0 Å². The van der Waals surface area contributed by atoms with Gasteiger partial charge in [0.1, 0.15) is 0 Å². The van der Waals surface area contributed by atoms with Crippen LogP contribution < -0.4 is 5.32 Å². The summed E-state index contributed by atoms with van der Waals surface area (Å²) >= 11 is 4.76. The number of hydrogen-bond acceptors (Lipinski definition) is 4. The van der Waals surface area contributed by atoms with Crippen LogP contribution in [0.25, 0.3) is 0 Å². The van der Waals surface area contributed by atoms with Gasteiger partial charge in [0, 0.05) is 18.5 Å². The number of nitrogens with one attached hydrogen (secondary N) is 1. The highest BCUT2D eigenvalue weighted by Crippen LogP contribution is 2.28. The largest absolute Gasteiger partial charge is 0.389 e. The first-order valence-corrected chi connectivity index (χ1v) is 7.60. The zero-order valence-electron chi connectivity index (χ0n) is 9.89. The van der Waals surface area contributed by atoms with Gasteiger partial charge >= 0.3 is 0 Å². The summed E-state index contributed by atoms with van der Waals surface area (Å²) in [6.45, 7) is 1.23. The summed E-state index contributed by atoms with van der Waals surface area (Å²) in [5.41, 5.74) is 0.609. The predicted molar refractivity (Wildman–Crippen MR) is 73.9 cm³/mol. The van der Waals surface area contributed by atoms with Crippen LogP contribution in [-0.2, 0) is 4.74 Å². The van der Waals surface area contributed by atoms with Crippen molar-refractivity contribution in [1.29, 1.82) is 0 Å².